The molecule has 1 amide bonds. The van der Waals surface area contributed by atoms with Crippen molar-refractivity contribution in [3.8, 4) is 0 Å². The Morgan fingerprint density at radius 1 is 1.36 bits per heavy atom. The number of benzene rings is 1. The molecule has 0 radical (unpaired) electrons. The number of hydrogen-bond acceptors (Lipinski definition) is 6. The Morgan fingerprint density at radius 2 is 2.20 bits per heavy atom. The van der Waals surface area contributed by atoms with E-state index in [0.29, 0.717) is 31.4 Å². The lowest BCUT2D eigenvalue weighted by Gasteiger charge is -2.32. The number of carbonyl (C=O) groups is 1. The van der Waals surface area contributed by atoms with Crippen molar-refractivity contribution >= 4 is 5.91 Å². The van der Waals surface area contributed by atoms with Gasteiger partial charge in [0.05, 0.1) is 12.6 Å². The Bertz CT molecular complexity index is 674. The highest BCUT2D eigenvalue weighted by atomic mass is 16.5. The van der Waals surface area contributed by atoms with Crippen LogP contribution in [-0.4, -0.2) is 41.1 Å². The van der Waals surface area contributed by atoms with Crippen molar-refractivity contribution in [2.24, 2.45) is 0 Å². The molecule has 0 spiro atoms. The van der Waals surface area contributed by atoms with E-state index in [1.807, 2.05) is 30.3 Å². The second kappa shape index (κ2) is 8.73. The van der Waals surface area contributed by atoms with Crippen molar-refractivity contribution in [2.45, 2.75) is 38.5 Å². The SMILES string of the molecule is COCc1noc(C2CCCCN2CC(=O)NCc2ccccc2)n1. The molecule has 1 aromatic carbocycles. The molecule has 2 heterocycles. The van der Waals surface area contributed by atoms with Crippen molar-refractivity contribution in [2.75, 3.05) is 20.2 Å². The summed E-state index contributed by atoms with van der Waals surface area (Å²) >= 11 is 0. The van der Waals surface area contributed by atoms with Gasteiger partial charge in [-0.05, 0) is 24.9 Å². The van der Waals surface area contributed by atoms with E-state index in [1.54, 1.807) is 7.11 Å². The van der Waals surface area contributed by atoms with Crippen molar-refractivity contribution in [3.05, 3.63) is 47.6 Å². The molecular weight excluding hydrogens is 320 g/mol. The number of aromatic nitrogens is 2. The summed E-state index contributed by atoms with van der Waals surface area (Å²) < 4.78 is 10.4. The van der Waals surface area contributed by atoms with Crippen LogP contribution in [0.2, 0.25) is 0 Å². The van der Waals surface area contributed by atoms with Crippen LogP contribution in [-0.2, 0) is 22.7 Å². The fraction of sp³-hybridized carbons (Fsp3) is 0.500. The third kappa shape index (κ3) is 4.87. The first-order chi connectivity index (χ1) is 12.3. The van der Waals surface area contributed by atoms with Gasteiger partial charge < -0.3 is 14.6 Å². The molecule has 134 valence electrons. The smallest absolute Gasteiger partial charge is 0.244 e. The van der Waals surface area contributed by atoms with Crippen LogP contribution in [0.15, 0.2) is 34.9 Å². The molecule has 0 saturated carbocycles. The molecule has 1 atom stereocenters. The minimum absolute atomic E-state index is 0.00525. The highest BCUT2D eigenvalue weighted by Gasteiger charge is 2.30. The summed E-state index contributed by atoms with van der Waals surface area (Å²) in [7, 11) is 1.60. The van der Waals surface area contributed by atoms with Crippen LogP contribution in [0.5, 0.6) is 0 Å². The van der Waals surface area contributed by atoms with Gasteiger partial charge in [0.15, 0.2) is 5.82 Å². The number of piperidine rings is 1. The third-order valence-electron chi connectivity index (χ3n) is 4.34. The van der Waals surface area contributed by atoms with Crippen molar-refractivity contribution in [1.82, 2.24) is 20.4 Å². The number of likely N-dealkylation sites (tertiary alicyclic amines) is 1. The average molecular weight is 344 g/mol. The predicted octanol–water partition coefficient (Wildman–Crippen LogP) is 2.06. The topological polar surface area (TPSA) is 80.5 Å². The maximum atomic E-state index is 12.3. The molecule has 1 fully saturated rings. The van der Waals surface area contributed by atoms with Crippen molar-refractivity contribution in [3.63, 3.8) is 0 Å². The van der Waals surface area contributed by atoms with Gasteiger partial charge in [-0.1, -0.05) is 41.9 Å². The Labute approximate surface area is 147 Å². The van der Waals surface area contributed by atoms with Crippen LogP contribution >= 0.6 is 0 Å². The first kappa shape index (κ1) is 17.6. The maximum Gasteiger partial charge on any atom is 0.244 e. The van der Waals surface area contributed by atoms with Gasteiger partial charge in [0.25, 0.3) is 0 Å². The van der Waals surface area contributed by atoms with Crippen LogP contribution < -0.4 is 5.32 Å². The zero-order valence-electron chi connectivity index (χ0n) is 14.5. The largest absolute Gasteiger partial charge is 0.377 e. The molecule has 1 saturated heterocycles. The second-order valence-corrected chi connectivity index (χ2v) is 6.23. The van der Waals surface area contributed by atoms with Gasteiger partial charge in [-0.2, -0.15) is 4.98 Å². The molecule has 0 bridgehead atoms. The zero-order valence-corrected chi connectivity index (χ0v) is 14.5. The number of carbonyl (C=O) groups excluding carboxylic acids is 1. The lowest BCUT2D eigenvalue weighted by atomic mass is 10.0. The summed E-state index contributed by atoms with van der Waals surface area (Å²) in [5, 5.41) is 6.91. The van der Waals surface area contributed by atoms with Gasteiger partial charge in [0.1, 0.15) is 6.61 Å². The first-order valence-corrected chi connectivity index (χ1v) is 8.62. The lowest BCUT2D eigenvalue weighted by molar-refractivity contribution is -0.123. The van der Waals surface area contributed by atoms with E-state index in [-0.39, 0.29) is 11.9 Å². The van der Waals surface area contributed by atoms with E-state index in [0.717, 1.165) is 31.4 Å². The molecule has 25 heavy (non-hydrogen) atoms. The van der Waals surface area contributed by atoms with E-state index in [9.17, 15) is 4.79 Å². The number of methoxy groups -OCH3 is 1. The fourth-order valence-corrected chi connectivity index (χ4v) is 3.09. The minimum Gasteiger partial charge on any atom is -0.377 e. The Hall–Kier alpha value is -2.25. The average Bonchev–Trinajstić information content (AvgIpc) is 3.10. The molecule has 1 N–H and O–H groups in total. The Kier molecular flexibility index (Phi) is 6.14. The molecule has 1 aliphatic heterocycles. The highest BCUT2D eigenvalue weighted by Crippen LogP contribution is 2.29. The van der Waals surface area contributed by atoms with Crippen LogP contribution in [0.25, 0.3) is 0 Å². The summed E-state index contributed by atoms with van der Waals surface area (Å²) in [6.07, 6.45) is 3.08. The molecule has 1 aliphatic rings. The first-order valence-electron chi connectivity index (χ1n) is 8.62. The number of nitrogens with one attached hydrogen (secondary N) is 1. The molecule has 2 aromatic rings. The Balaban J connectivity index is 1.57. The van der Waals surface area contributed by atoms with Crippen molar-refractivity contribution < 1.29 is 14.1 Å². The summed E-state index contributed by atoms with van der Waals surface area (Å²) in [4.78, 5) is 18.8. The second-order valence-electron chi connectivity index (χ2n) is 6.23. The van der Waals surface area contributed by atoms with Crippen LogP contribution in [0, 0.1) is 0 Å². The van der Waals surface area contributed by atoms with E-state index >= 15 is 0 Å². The number of ether oxygens (including phenoxy) is 1. The molecule has 0 aliphatic carbocycles. The maximum absolute atomic E-state index is 12.3. The van der Waals surface area contributed by atoms with E-state index in [2.05, 4.69) is 20.4 Å². The molecular formula is C18H24N4O3. The van der Waals surface area contributed by atoms with Crippen LogP contribution in [0.4, 0.5) is 0 Å². The number of hydrogen-bond donors (Lipinski definition) is 1. The molecule has 7 heteroatoms. The standard InChI is InChI=1S/C18H24N4O3/c1-24-13-16-20-18(25-21-16)15-9-5-6-10-22(15)12-17(23)19-11-14-7-3-2-4-8-14/h2-4,7-8,15H,5-6,9-13H2,1H3,(H,19,23). The highest BCUT2D eigenvalue weighted by molar-refractivity contribution is 5.78. The number of amides is 1. The van der Waals surface area contributed by atoms with Gasteiger partial charge in [-0.25, -0.2) is 0 Å². The fourth-order valence-electron chi connectivity index (χ4n) is 3.09. The summed E-state index contributed by atoms with van der Waals surface area (Å²) in [6, 6.07) is 9.89. The van der Waals surface area contributed by atoms with E-state index < -0.39 is 0 Å². The monoisotopic (exact) mass is 344 g/mol. The van der Waals surface area contributed by atoms with Gasteiger partial charge in [-0.3, -0.25) is 9.69 Å². The van der Waals surface area contributed by atoms with Crippen LogP contribution in [0.1, 0.15) is 42.6 Å². The van der Waals surface area contributed by atoms with Gasteiger partial charge in [-0.15, -0.1) is 0 Å². The third-order valence-corrected chi connectivity index (χ3v) is 4.34. The van der Waals surface area contributed by atoms with Crippen molar-refractivity contribution in [1.29, 1.82) is 0 Å². The molecule has 1 unspecified atom stereocenters. The summed E-state index contributed by atoms with van der Waals surface area (Å²) in [5.74, 6) is 1.12. The molecule has 3 rings (SSSR count). The summed E-state index contributed by atoms with van der Waals surface area (Å²) in [6.45, 7) is 2.05. The number of rotatable bonds is 7. The molecule has 1 aromatic heterocycles. The molecule has 7 nitrogen and oxygen atoms in total. The van der Waals surface area contributed by atoms with Gasteiger partial charge in [0, 0.05) is 13.7 Å². The quantitative estimate of drug-likeness (QED) is 0.828. The predicted molar refractivity (Wildman–Crippen MR) is 91.5 cm³/mol. The van der Waals surface area contributed by atoms with Crippen LogP contribution in [0.3, 0.4) is 0 Å². The van der Waals surface area contributed by atoms with E-state index in [1.165, 1.54) is 0 Å². The minimum atomic E-state index is -0.00525. The lowest BCUT2D eigenvalue weighted by Crippen LogP contribution is -2.41. The zero-order chi connectivity index (χ0) is 17.5. The summed E-state index contributed by atoms with van der Waals surface area (Å²) in [5.41, 5.74) is 1.09. The Morgan fingerprint density at radius 3 is 3.00 bits per heavy atom. The normalized spacial score (nSPS) is 18.2. The number of nitrogens with zero attached hydrogens (tertiary/aromatic N) is 3. The van der Waals surface area contributed by atoms with Gasteiger partial charge >= 0.3 is 0 Å². The van der Waals surface area contributed by atoms with E-state index in [4.69, 9.17) is 9.26 Å². The van der Waals surface area contributed by atoms with Gasteiger partial charge in [0.2, 0.25) is 11.8 Å².